The van der Waals surface area contributed by atoms with Crippen LogP contribution in [0.5, 0.6) is 0 Å². The van der Waals surface area contributed by atoms with Gasteiger partial charge in [-0.15, -0.1) is 0 Å². The van der Waals surface area contributed by atoms with E-state index in [0.717, 1.165) is 6.42 Å². The van der Waals surface area contributed by atoms with Crippen LogP contribution in [0.25, 0.3) is 0 Å². The molecule has 13 heavy (non-hydrogen) atoms. The van der Waals surface area contributed by atoms with Crippen LogP contribution in [-0.2, 0) is 9.31 Å². The number of hydrogen-bond donors (Lipinski definition) is 1. The molecule has 0 aromatic carbocycles. The van der Waals surface area contributed by atoms with Crippen LogP contribution < -0.4 is 5.73 Å². The molecule has 1 saturated carbocycles. The molecule has 2 rings (SSSR count). The maximum Gasteiger partial charge on any atom is 0.462 e. The lowest BCUT2D eigenvalue weighted by atomic mass is 9.82. The van der Waals surface area contributed by atoms with Crippen molar-refractivity contribution in [2.24, 2.45) is 5.73 Å². The summed E-state index contributed by atoms with van der Waals surface area (Å²) in [6.45, 7) is 8.28. The molecule has 0 radical (unpaired) electrons. The van der Waals surface area contributed by atoms with Crippen molar-refractivity contribution in [2.45, 2.75) is 57.2 Å². The number of nitrogens with two attached hydrogens (primary N) is 1. The largest absolute Gasteiger partial charge is 0.462 e. The second-order valence-electron chi connectivity index (χ2n) is 5.19. The molecule has 0 spiro atoms. The van der Waals surface area contributed by atoms with Gasteiger partial charge in [-0.25, -0.2) is 0 Å². The van der Waals surface area contributed by atoms with Crippen molar-refractivity contribution in [3.05, 3.63) is 0 Å². The van der Waals surface area contributed by atoms with E-state index in [0.29, 0.717) is 5.82 Å². The Morgan fingerprint density at radius 3 is 1.85 bits per heavy atom. The minimum Gasteiger partial charge on any atom is -0.403 e. The Labute approximate surface area is 80.1 Å². The van der Waals surface area contributed by atoms with Crippen molar-refractivity contribution in [1.82, 2.24) is 0 Å². The van der Waals surface area contributed by atoms with Crippen LogP contribution >= 0.6 is 0 Å². The summed E-state index contributed by atoms with van der Waals surface area (Å²) in [5.41, 5.74) is 5.35. The SMILES string of the molecule is CC1(C)OB(C2CC2N)OC1(C)C. The van der Waals surface area contributed by atoms with Crippen LogP contribution in [0.4, 0.5) is 0 Å². The van der Waals surface area contributed by atoms with Crippen LogP contribution in [0, 0.1) is 0 Å². The lowest BCUT2D eigenvalue weighted by Gasteiger charge is -2.32. The van der Waals surface area contributed by atoms with Gasteiger partial charge in [-0.3, -0.25) is 0 Å². The van der Waals surface area contributed by atoms with E-state index in [9.17, 15) is 0 Å². The minimum absolute atomic E-state index is 0.0833. The molecule has 1 heterocycles. The van der Waals surface area contributed by atoms with Gasteiger partial charge in [-0.2, -0.15) is 0 Å². The molecule has 1 saturated heterocycles. The molecular weight excluding hydrogens is 165 g/mol. The maximum absolute atomic E-state index is 5.86. The average molecular weight is 183 g/mol. The van der Waals surface area contributed by atoms with E-state index >= 15 is 0 Å². The first-order valence-electron chi connectivity index (χ1n) is 4.95. The smallest absolute Gasteiger partial charge is 0.403 e. The van der Waals surface area contributed by atoms with E-state index in [1.807, 2.05) is 0 Å². The van der Waals surface area contributed by atoms with Gasteiger partial charge in [0.25, 0.3) is 0 Å². The van der Waals surface area contributed by atoms with Crippen LogP contribution in [0.2, 0.25) is 5.82 Å². The molecule has 2 atom stereocenters. The molecule has 2 unspecified atom stereocenters. The summed E-state index contributed by atoms with van der Waals surface area (Å²) in [5, 5.41) is 0. The van der Waals surface area contributed by atoms with Gasteiger partial charge >= 0.3 is 7.12 Å². The van der Waals surface area contributed by atoms with Crippen molar-refractivity contribution >= 4 is 7.12 Å². The Bertz CT molecular complexity index is 214. The minimum atomic E-state index is -0.208. The number of rotatable bonds is 1. The third kappa shape index (κ3) is 1.41. The topological polar surface area (TPSA) is 44.5 Å². The first-order chi connectivity index (χ1) is 5.83. The highest BCUT2D eigenvalue weighted by atomic mass is 16.7. The molecule has 0 aromatic heterocycles. The van der Waals surface area contributed by atoms with E-state index < -0.39 is 0 Å². The molecule has 2 N–H and O–H groups in total. The predicted octanol–water partition coefficient (Wildman–Crippen LogP) is 1.18. The van der Waals surface area contributed by atoms with Gasteiger partial charge < -0.3 is 15.0 Å². The van der Waals surface area contributed by atoms with Crippen LogP contribution in [-0.4, -0.2) is 24.4 Å². The highest BCUT2D eigenvalue weighted by molar-refractivity contribution is 6.49. The third-order valence-electron chi connectivity index (χ3n) is 3.51. The van der Waals surface area contributed by atoms with Crippen molar-refractivity contribution in [3.8, 4) is 0 Å². The monoisotopic (exact) mass is 183 g/mol. The van der Waals surface area contributed by atoms with Gasteiger partial charge in [0.15, 0.2) is 0 Å². The van der Waals surface area contributed by atoms with Crippen molar-refractivity contribution in [2.75, 3.05) is 0 Å². The van der Waals surface area contributed by atoms with Crippen LogP contribution in [0.15, 0.2) is 0 Å². The Balaban J connectivity index is 2.07. The van der Waals surface area contributed by atoms with Gasteiger partial charge in [0.1, 0.15) is 0 Å². The molecule has 0 bridgehead atoms. The van der Waals surface area contributed by atoms with Gasteiger partial charge in [0.05, 0.1) is 11.2 Å². The lowest BCUT2D eigenvalue weighted by molar-refractivity contribution is 0.00578. The van der Waals surface area contributed by atoms with Gasteiger partial charge in [-0.05, 0) is 34.1 Å². The normalized spacial score (nSPS) is 40.8. The first kappa shape index (κ1) is 9.50. The molecular formula is C9H18BNO2. The lowest BCUT2D eigenvalue weighted by Crippen LogP contribution is -2.41. The maximum atomic E-state index is 5.86. The summed E-state index contributed by atoms with van der Waals surface area (Å²) in [6, 6.07) is 0.287. The molecule has 1 aliphatic heterocycles. The fraction of sp³-hybridized carbons (Fsp3) is 1.00. The molecule has 74 valence electrons. The first-order valence-corrected chi connectivity index (χ1v) is 4.95. The van der Waals surface area contributed by atoms with E-state index in [2.05, 4.69) is 27.7 Å². The summed E-state index contributed by atoms with van der Waals surface area (Å²) < 4.78 is 11.7. The zero-order chi connectivity index (χ0) is 9.85. The zero-order valence-corrected chi connectivity index (χ0v) is 8.83. The summed E-state index contributed by atoms with van der Waals surface area (Å²) >= 11 is 0. The van der Waals surface area contributed by atoms with E-state index in [1.165, 1.54) is 0 Å². The van der Waals surface area contributed by atoms with Crippen molar-refractivity contribution in [3.63, 3.8) is 0 Å². The Morgan fingerprint density at radius 2 is 1.54 bits per heavy atom. The fourth-order valence-electron chi connectivity index (χ4n) is 1.61. The fourth-order valence-corrected chi connectivity index (χ4v) is 1.61. The standard InChI is InChI=1S/C9H18BNO2/c1-8(2)9(3,4)13-10(12-8)6-5-7(6)11/h6-7H,5,11H2,1-4H3. The summed E-state index contributed by atoms with van der Waals surface area (Å²) in [7, 11) is -0.0833. The zero-order valence-electron chi connectivity index (χ0n) is 8.83. The van der Waals surface area contributed by atoms with E-state index in [1.54, 1.807) is 0 Å². The average Bonchev–Trinajstić information content (AvgIpc) is 2.58. The summed E-state index contributed by atoms with van der Waals surface area (Å²) in [5.74, 6) is 0.418. The van der Waals surface area contributed by atoms with Crippen LogP contribution in [0.1, 0.15) is 34.1 Å². The molecule has 1 aliphatic carbocycles. The second kappa shape index (κ2) is 2.50. The summed E-state index contributed by atoms with van der Waals surface area (Å²) in [4.78, 5) is 0. The van der Waals surface area contributed by atoms with Gasteiger partial charge in [0, 0.05) is 11.9 Å². The Kier molecular flexibility index (Phi) is 1.82. The second-order valence-corrected chi connectivity index (χ2v) is 5.19. The van der Waals surface area contributed by atoms with Crippen molar-refractivity contribution < 1.29 is 9.31 Å². The highest BCUT2D eigenvalue weighted by Crippen LogP contribution is 2.47. The van der Waals surface area contributed by atoms with Gasteiger partial charge in [0.2, 0.25) is 0 Å². The Morgan fingerprint density at radius 1 is 1.15 bits per heavy atom. The molecule has 0 aromatic rings. The van der Waals surface area contributed by atoms with E-state index in [4.69, 9.17) is 15.0 Å². The number of hydrogen-bond acceptors (Lipinski definition) is 3. The Hall–Kier alpha value is -0.0551. The highest BCUT2D eigenvalue weighted by Gasteiger charge is 2.58. The van der Waals surface area contributed by atoms with E-state index in [-0.39, 0.29) is 24.4 Å². The third-order valence-corrected chi connectivity index (χ3v) is 3.51. The van der Waals surface area contributed by atoms with Crippen LogP contribution in [0.3, 0.4) is 0 Å². The molecule has 3 nitrogen and oxygen atoms in total. The predicted molar refractivity (Wildman–Crippen MR) is 52.4 cm³/mol. The molecule has 0 amide bonds. The molecule has 2 fully saturated rings. The molecule has 4 heteroatoms. The van der Waals surface area contributed by atoms with Gasteiger partial charge in [-0.1, -0.05) is 0 Å². The molecule has 2 aliphatic rings. The summed E-state index contributed by atoms with van der Waals surface area (Å²) in [6.07, 6.45) is 1.04. The quantitative estimate of drug-likeness (QED) is 0.620. The van der Waals surface area contributed by atoms with Crippen molar-refractivity contribution in [1.29, 1.82) is 0 Å².